The predicted molar refractivity (Wildman–Crippen MR) is 102 cm³/mol. The molecule has 0 aromatic rings. The first-order valence-corrected chi connectivity index (χ1v) is 9.91. The Balaban J connectivity index is 3.12. The van der Waals surface area contributed by atoms with Gasteiger partial charge in [0, 0.05) is 0 Å². The molecule has 1 heteroatoms. The van der Waals surface area contributed by atoms with Gasteiger partial charge in [-0.1, -0.05) is 84.3 Å². The van der Waals surface area contributed by atoms with Crippen molar-refractivity contribution in [2.45, 2.75) is 111 Å². The zero-order valence-corrected chi connectivity index (χ0v) is 15.8. The lowest BCUT2D eigenvalue weighted by molar-refractivity contribution is 0.356. The molecular weight excluding hydrogens is 266 g/mol. The fourth-order valence-electron chi connectivity index (χ4n) is 2.80. The van der Waals surface area contributed by atoms with Gasteiger partial charge in [0.15, 0.2) is 0 Å². The molecule has 0 aromatic carbocycles. The molecule has 0 heterocycles. The summed E-state index contributed by atoms with van der Waals surface area (Å²) < 4.78 is 0. The van der Waals surface area contributed by atoms with E-state index in [1.54, 1.807) is 0 Å². The molecule has 0 bridgehead atoms. The molecule has 0 atom stereocenters. The molecule has 0 radical (unpaired) electrons. The summed E-state index contributed by atoms with van der Waals surface area (Å²) >= 11 is 0. The molecule has 0 spiro atoms. The van der Waals surface area contributed by atoms with Gasteiger partial charge in [0.25, 0.3) is 0 Å². The topological polar surface area (TPSA) is 26.0 Å². The molecule has 0 aliphatic heterocycles. The largest absolute Gasteiger partial charge is 0.330 e. The first kappa shape index (κ1) is 21.7. The zero-order valence-electron chi connectivity index (χ0n) is 15.8. The van der Waals surface area contributed by atoms with Gasteiger partial charge in [0.2, 0.25) is 0 Å². The molecule has 0 saturated carbocycles. The second-order valence-electron chi connectivity index (χ2n) is 8.04. The highest BCUT2D eigenvalue weighted by Crippen LogP contribution is 2.22. The molecule has 132 valence electrons. The van der Waals surface area contributed by atoms with Crippen LogP contribution in [0, 0.1) is 5.41 Å². The minimum atomic E-state index is 0.521. The Kier molecular flexibility index (Phi) is 15.4. The van der Waals surface area contributed by atoms with E-state index in [1.165, 1.54) is 89.9 Å². The van der Waals surface area contributed by atoms with Crippen molar-refractivity contribution in [3.63, 3.8) is 0 Å². The highest BCUT2D eigenvalue weighted by Gasteiger charge is 2.08. The lowest BCUT2D eigenvalue weighted by Gasteiger charge is -2.17. The molecule has 0 aliphatic rings. The summed E-state index contributed by atoms with van der Waals surface area (Å²) in [6, 6.07) is 0. The van der Waals surface area contributed by atoms with Crippen LogP contribution in [0.4, 0.5) is 0 Å². The fourth-order valence-corrected chi connectivity index (χ4v) is 2.80. The molecule has 0 fully saturated rings. The first-order valence-electron chi connectivity index (χ1n) is 9.91. The standard InChI is InChI=1S/C21H43N/c1-21(2,3)19-17-15-13-11-9-7-5-4-6-8-10-12-14-16-18-20-22/h4-5H,6-20,22H2,1-3H3/b5-4-. The van der Waals surface area contributed by atoms with Crippen molar-refractivity contribution in [2.24, 2.45) is 11.1 Å². The van der Waals surface area contributed by atoms with Crippen molar-refractivity contribution < 1.29 is 0 Å². The fraction of sp³-hybridized carbons (Fsp3) is 0.905. The Morgan fingerprint density at radius 2 is 1.00 bits per heavy atom. The lowest BCUT2D eigenvalue weighted by Crippen LogP contribution is -2.03. The van der Waals surface area contributed by atoms with Crippen LogP contribution in [0.1, 0.15) is 111 Å². The van der Waals surface area contributed by atoms with Crippen molar-refractivity contribution in [2.75, 3.05) is 6.54 Å². The molecule has 0 aliphatic carbocycles. The Hall–Kier alpha value is -0.300. The summed E-state index contributed by atoms with van der Waals surface area (Å²) in [6.45, 7) is 7.90. The van der Waals surface area contributed by atoms with E-state index >= 15 is 0 Å². The van der Waals surface area contributed by atoms with Crippen LogP contribution in [0.5, 0.6) is 0 Å². The smallest absolute Gasteiger partial charge is 0.00773 e. The first-order chi connectivity index (χ1) is 10.6. The van der Waals surface area contributed by atoms with Crippen LogP contribution in [-0.2, 0) is 0 Å². The number of nitrogens with two attached hydrogens (primary N) is 1. The van der Waals surface area contributed by atoms with E-state index in [2.05, 4.69) is 32.9 Å². The van der Waals surface area contributed by atoms with Crippen molar-refractivity contribution in [3.8, 4) is 0 Å². The van der Waals surface area contributed by atoms with Crippen molar-refractivity contribution in [1.29, 1.82) is 0 Å². The zero-order chi connectivity index (χ0) is 16.5. The van der Waals surface area contributed by atoms with Crippen LogP contribution in [0.2, 0.25) is 0 Å². The van der Waals surface area contributed by atoms with E-state index in [-0.39, 0.29) is 0 Å². The summed E-state index contributed by atoms with van der Waals surface area (Å²) in [5, 5.41) is 0. The molecule has 22 heavy (non-hydrogen) atoms. The normalized spacial score (nSPS) is 12.4. The average molecular weight is 310 g/mol. The SMILES string of the molecule is CC(C)(C)CCCCCCC/C=C\CCCCCCCCN. The second kappa shape index (κ2) is 15.6. The van der Waals surface area contributed by atoms with Crippen LogP contribution in [0.3, 0.4) is 0 Å². The van der Waals surface area contributed by atoms with E-state index < -0.39 is 0 Å². The molecule has 0 saturated heterocycles. The van der Waals surface area contributed by atoms with Gasteiger partial charge in [-0.25, -0.2) is 0 Å². The summed E-state index contributed by atoms with van der Waals surface area (Å²) in [7, 11) is 0. The van der Waals surface area contributed by atoms with E-state index in [0.717, 1.165) is 6.54 Å². The minimum absolute atomic E-state index is 0.521. The number of hydrogen-bond acceptors (Lipinski definition) is 1. The molecule has 1 nitrogen and oxygen atoms in total. The van der Waals surface area contributed by atoms with Crippen molar-refractivity contribution in [1.82, 2.24) is 0 Å². The molecular formula is C21H43N. The Morgan fingerprint density at radius 1 is 0.591 bits per heavy atom. The third-order valence-corrected chi connectivity index (χ3v) is 4.29. The second-order valence-corrected chi connectivity index (χ2v) is 8.04. The van der Waals surface area contributed by atoms with E-state index in [9.17, 15) is 0 Å². The van der Waals surface area contributed by atoms with Gasteiger partial charge in [0.05, 0.1) is 0 Å². The van der Waals surface area contributed by atoms with Crippen molar-refractivity contribution >= 4 is 0 Å². The van der Waals surface area contributed by atoms with Gasteiger partial charge in [-0.05, 0) is 50.5 Å². The van der Waals surface area contributed by atoms with Gasteiger partial charge >= 0.3 is 0 Å². The molecule has 2 N–H and O–H groups in total. The van der Waals surface area contributed by atoms with Gasteiger partial charge in [-0.15, -0.1) is 0 Å². The van der Waals surface area contributed by atoms with Gasteiger partial charge < -0.3 is 5.73 Å². The monoisotopic (exact) mass is 309 g/mol. The minimum Gasteiger partial charge on any atom is -0.330 e. The van der Waals surface area contributed by atoms with E-state index in [0.29, 0.717) is 5.41 Å². The maximum atomic E-state index is 5.49. The predicted octanol–water partition coefficient (Wildman–Crippen LogP) is 7.01. The highest BCUT2D eigenvalue weighted by molar-refractivity contribution is 4.81. The van der Waals surface area contributed by atoms with Crippen LogP contribution < -0.4 is 5.73 Å². The van der Waals surface area contributed by atoms with Crippen LogP contribution in [-0.4, -0.2) is 6.54 Å². The summed E-state index contributed by atoms with van der Waals surface area (Å²) in [6.07, 6.45) is 23.8. The maximum absolute atomic E-state index is 5.49. The quantitative estimate of drug-likeness (QED) is 0.255. The number of allylic oxidation sites excluding steroid dienone is 2. The number of unbranched alkanes of at least 4 members (excludes halogenated alkanes) is 11. The lowest BCUT2D eigenvalue weighted by atomic mass is 9.89. The summed E-state index contributed by atoms with van der Waals surface area (Å²) in [5.41, 5.74) is 6.01. The van der Waals surface area contributed by atoms with Crippen LogP contribution in [0.15, 0.2) is 12.2 Å². The van der Waals surface area contributed by atoms with Crippen molar-refractivity contribution in [3.05, 3.63) is 12.2 Å². The van der Waals surface area contributed by atoms with Gasteiger partial charge in [-0.3, -0.25) is 0 Å². The molecule has 0 unspecified atom stereocenters. The third kappa shape index (κ3) is 19.7. The van der Waals surface area contributed by atoms with Gasteiger partial charge in [-0.2, -0.15) is 0 Å². The number of rotatable bonds is 15. The third-order valence-electron chi connectivity index (χ3n) is 4.29. The Bertz CT molecular complexity index is 237. The molecule has 0 rings (SSSR count). The Labute approximate surface area is 141 Å². The Morgan fingerprint density at radius 3 is 1.45 bits per heavy atom. The molecule has 0 aromatic heterocycles. The van der Waals surface area contributed by atoms with Gasteiger partial charge in [0.1, 0.15) is 0 Å². The maximum Gasteiger partial charge on any atom is -0.00773 e. The van der Waals surface area contributed by atoms with Crippen LogP contribution >= 0.6 is 0 Å². The number of hydrogen-bond donors (Lipinski definition) is 1. The summed E-state index contributed by atoms with van der Waals surface area (Å²) in [5.74, 6) is 0. The van der Waals surface area contributed by atoms with Crippen LogP contribution in [0.25, 0.3) is 0 Å². The molecule has 0 amide bonds. The highest BCUT2D eigenvalue weighted by atomic mass is 14.5. The average Bonchev–Trinajstić information content (AvgIpc) is 2.45. The summed E-state index contributed by atoms with van der Waals surface area (Å²) in [4.78, 5) is 0. The van der Waals surface area contributed by atoms with E-state index in [4.69, 9.17) is 5.73 Å². The van der Waals surface area contributed by atoms with E-state index in [1.807, 2.05) is 0 Å².